The highest BCUT2D eigenvalue weighted by Gasteiger charge is 1.92. The predicted octanol–water partition coefficient (Wildman–Crippen LogP) is 4.41. The summed E-state index contributed by atoms with van der Waals surface area (Å²) in [6.07, 6.45) is 10.5. The van der Waals surface area contributed by atoms with E-state index in [0.717, 1.165) is 17.6 Å². The first-order valence-electron chi connectivity index (χ1n) is 7.12. The van der Waals surface area contributed by atoms with Crippen LogP contribution in [0.4, 0.5) is 0 Å². The standard InChI is InChI=1S/C19H18O3/c1-2-15(11-14-18-7-4-8-19(21)22-18)5-3-6-16-9-12-17(20)13-10-16/h3-14,20H,2H2,1H3. The first-order chi connectivity index (χ1) is 10.7. The second-order valence-electron chi connectivity index (χ2n) is 4.73. The molecule has 0 saturated carbocycles. The summed E-state index contributed by atoms with van der Waals surface area (Å²) in [6.45, 7) is 2.06. The van der Waals surface area contributed by atoms with Gasteiger partial charge in [0.1, 0.15) is 11.5 Å². The van der Waals surface area contributed by atoms with E-state index < -0.39 is 0 Å². The van der Waals surface area contributed by atoms with E-state index in [-0.39, 0.29) is 11.4 Å². The zero-order valence-electron chi connectivity index (χ0n) is 12.4. The molecular weight excluding hydrogens is 276 g/mol. The van der Waals surface area contributed by atoms with Crippen molar-refractivity contribution < 1.29 is 9.52 Å². The molecule has 0 radical (unpaired) electrons. The second kappa shape index (κ2) is 7.84. The van der Waals surface area contributed by atoms with Crippen molar-refractivity contribution >= 4 is 12.2 Å². The normalized spacial score (nSPS) is 12.3. The van der Waals surface area contributed by atoms with E-state index in [1.165, 1.54) is 6.07 Å². The summed E-state index contributed by atoms with van der Waals surface area (Å²) in [5, 5.41) is 9.23. The van der Waals surface area contributed by atoms with Gasteiger partial charge in [0.05, 0.1) is 0 Å². The summed E-state index contributed by atoms with van der Waals surface area (Å²) >= 11 is 0. The molecule has 2 rings (SSSR count). The van der Waals surface area contributed by atoms with Crippen LogP contribution in [0.25, 0.3) is 12.2 Å². The number of hydrogen-bond acceptors (Lipinski definition) is 3. The van der Waals surface area contributed by atoms with E-state index in [1.54, 1.807) is 30.3 Å². The average molecular weight is 294 g/mol. The maximum atomic E-state index is 11.1. The van der Waals surface area contributed by atoms with Gasteiger partial charge >= 0.3 is 5.63 Å². The van der Waals surface area contributed by atoms with Crippen LogP contribution in [0.2, 0.25) is 0 Å². The quantitative estimate of drug-likeness (QED) is 0.831. The minimum Gasteiger partial charge on any atom is -0.508 e. The van der Waals surface area contributed by atoms with Gasteiger partial charge in [-0.1, -0.05) is 49.4 Å². The van der Waals surface area contributed by atoms with Crippen LogP contribution in [0.15, 0.2) is 75.5 Å². The van der Waals surface area contributed by atoms with Gasteiger partial charge in [0.15, 0.2) is 0 Å². The number of rotatable bonds is 5. The second-order valence-corrected chi connectivity index (χ2v) is 4.73. The smallest absolute Gasteiger partial charge is 0.336 e. The van der Waals surface area contributed by atoms with Crippen molar-refractivity contribution in [3.8, 4) is 5.75 Å². The molecule has 3 heteroatoms. The average Bonchev–Trinajstić information content (AvgIpc) is 2.52. The highest BCUT2D eigenvalue weighted by atomic mass is 16.4. The molecule has 3 nitrogen and oxygen atoms in total. The molecule has 0 amide bonds. The van der Waals surface area contributed by atoms with Crippen LogP contribution >= 0.6 is 0 Å². The van der Waals surface area contributed by atoms with E-state index in [1.807, 2.05) is 36.4 Å². The largest absolute Gasteiger partial charge is 0.508 e. The molecular formula is C19H18O3. The lowest BCUT2D eigenvalue weighted by molar-refractivity contribution is 0.475. The third-order valence-electron chi connectivity index (χ3n) is 3.07. The van der Waals surface area contributed by atoms with Crippen molar-refractivity contribution in [2.45, 2.75) is 13.3 Å². The summed E-state index contributed by atoms with van der Waals surface area (Å²) < 4.78 is 5.05. The minimum atomic E-state index is -0.351. The molecule has 112 valence electrons. The van der Waals surface area contributed by atoms with E-state index in [2.05, 4.69) is 6.92 Å². The maximum Gasteiger partial charge on any atom is 0.336 e. The molecule has 1 N–H and O–H groups in total. The fourth-order valence-corrected chi connectivity index (χ4v) is 1.84. The lowest BCUT2D eigenvalue weighted by Crippen LogP contribution is -1.94. The van der Waals surface area contributed by atoms with Gasteiger partial charge in [-0.05, 0) is 41.8 Å². The molecule has 1 aromatic heterocycles. The molecule has 0 bridgehead atoms. The fraction of sp³-hybridized carbons (Fsp3) is 0.105. The fourth-order valence-electron chi connectivity index (χ4n) is 1.84. The van der Waals surface area contributed by atoms with Gasteiger partial charge in [0.2, 0.25) is 0 Å². The predicted molar refractivity (Wildman–Crippen MR) is 89.5 cm³/mol. The third-order valence-corrected chi connectivity index (χ3v) is 3.07. The molecule has 2 aromatic rings. The van der Waals surface area contributed by atoms with Gasteiger partial charge in [0, 0.05) is 6.07 Å². The zero-order chi connectivity index (χ0) is 15.8. The van der Waals surface area contributed by atoms with Crippen molar-refractivity contribution in [3.63, 3.8) is 0 Å². The Hall–Kier alpha value is -2.81. The highest BCUT2D eigenvalue weighted by molar-refractivity contribution is 5.54. The molecule has 0 aliphatic heterocycles. The number of benzene rings is 1. The first kappa shape index (κ1) is 15.6. The minimum absolute atomic E-state index is 0.259. The topological polar surface area (TPSA) is 50.4 Å². The Morgan fingerprint density at radius 3 is 2.59 bits per heavy atom. The van der Waals surface area contributed by atoms with Crippen LogP contribution in [-0.2, 0) is 0 Å². The molecule has 0 saturated heterocycles. The number of allylic oxidation sites excluding steroid dienone is 4. The van der Waals surface area contributed by atoms with E-state index in [0.29, 0.717) is 5.76 Å². The van der Waals surface area contributed by atoms with Crippen LogP contribution < -0.4 is 5.63 Å². The van der Waals surface area contributed by atoms with Crippen molar-refractivity contribution in [2.75, 3.05) is 0 Å². The molecule has 0 aliphatic carbocycles. The number of hydrogen-bond donors (Lipinski definition) is 1. The highest BCUT2D eigenvalue weighted by Crippen LogP contribution is 2.12. The molecule has 0 atom stereocenters. The first-order valence-corrected chi connectivity index (χ1v) is 7.12. The third kappa shape index (κ3) is 4.94. The van der Waals surface area contributed by atoms with Crippen molar-refractivity contribution in [2.24, 2.45) is 0 Å². The van der Waals surface area contributed by atoms with Gasteiger partial charge in [-0.2, -0.15) is 0 Å². The lowest BCUT2D eigenvalue weighted by atomic mass is 10.1. The Labute approximate surface area is 129 Å². The molecule has 0 unspecified atom stereocenters. The van der Waals surface area contributed by atoms with Gasteiger partial charge in [-0.15, -0.1) is 0 Å². The summed E-state index contributed by atoms with van der Waals surface area (Å²) in [7, 11) is 0. The van der Waals surface area contributed by atoms with Gasteiger partial charge in [0.25, 0.3) is 0 Å². The van der Waals surface area contributed by atoms with Crippen molar-refractivity contribution in [3.05, 3.63) is 88.0 Å². The molecule has 1 aromatic carbocycles. The zero-order valence-corrected chi connectivity index (χ0v) is 12.4. The number of phenols is 1. The molecule has 0 aliphatic rings. The summed E-state index contributed by atoms with van der Waals surface area (Å²) in [5.41, 5.74) is 1.78. The molecule has 22 heavy (non-hydrogen) atoms. The monoisotopic (exact) mass is 294 g/mol. The molecule has 0 spiro atoms. The number of aromatic hydroxyl groups is 1. The van der Waals surface area contributed by atoms with Gasteiger partial charge in [-0.25, -0.2) is 4.79 Å². The van der Waals surface area contributed by atoms with Gasteiger partial charge < -0.3 is 9.52 Å². The van der Waals surface area contributed by atoms with Crippen molar-refractivity contribution in [1.82, 2.24) is 0 Å². The van der Waals surface area contributed by atoms with Crippen LogP contribution in [0, 0.1) is 0 Å². The Kier molecular flexibility index (Phi) is 5.55. The molecule has 1 heterocycles. The summed E-state index contributed by atoms with van der Waals surface area (Å²) in [6, 6.07) is 11.8. The summed E-state index contributed by atoms with van der Waals surface area (Å²) in [4.78, 5) is 11.1. The maximum absolute atomic E-state index is 11.1. The Balaban J connectivity index is 2.07. The van der Waals surface area contributed by atoms with Crippen LogP contribution in [0.3, 0.4) is 0 Å². The van der Waals surface area contributed by atoms with Crippen molar-refractivity contribution in [1.29, 1.82) is 0 Å². The SMILES string of the molecule is CCC(C=Cc1cccc(=O)o1)=CC=Cc1ccc(O)cc1. The van der Waals surface area contributed by atoms with Gasteiger partial charge in [-0.3, -0.25) is 0 Å². The molecule has 0 fully saturated rings. The Morgan fingerprint density at radius 2 is 1.91 bits per heavy atom. The number of phenolic OH excluding ortho intramolecular Hbond substituents is 1. The van der Waals surface area contributed by atoms with Crippen LogP contribution in [0.1, 0.15) is 24.7 Å². The summed E-state index contributed by atoms with van der Waals surface area (Å²) in [5.74, 6) is 0.795. The Bertz CT molecular complexity index is 747. The van der Waals surface area contributed by atoms with Crippen LogP contribution in [0.5, 0.6) is 5.75 Å². The Morgan fingerprint density at radius 1 is 1.14 bits per heavy atom. The van der Waals surface area contributed by atoms with E-state index in [9.17, 15) is 9.90 Å². The van der Waals surface area contributed by atoms with E-state index >= 15 is 0 Å². The van der Waals surface area contributed by atoms with E-state index in [4.69, 9.17) is 4.42 Å². The lowest BCUT2D eigenvalue weighted by Gasteiger charge is -1.96. The van der Waals surface area contributed by atoms with Crippen LogP contribution in [-0.4, -0.2) is 5.11 Å².